The Hall–Kier alpha value is -1.55. The Labute approximate surface area is 349 Å². The van der Waals surface area contributed by atoms with Crippen molar-refractivity contribution in [1.29, 1.82) is 0 Å². The van der Waals surface area contributed by atoms with E-state index in [0.29, 0.717) is 74.9 Å². The highest BCUT2D eigenvalue weighted by Gasteiger charge is 2.58. The molecule has 12 nitrogen and oxygen atoms in total. The lowest BCUT2D eigenvalue weighted by Gasteiger charge is -2.48. The van der Waals surface area contributed by atoms with Crippen LogP contribution in [-0.4, -0.2) is 107 Å². The zero-order valence-electron chi connectivity index (χ0n) is 34.4. The van der Waals surface area contributed by atoms with Gasteiger partial charge in [-0.15, -0.1) is 0 Å². The van der Waals surface area contributed by atoms with Gasteiger partial charge in [0.15, 0.2) is 5.96 Å². The van der Waals surface area contributed by atoms with Crippen molar-refractivity contribution < 1.29 is 29.3 Å². The van der Waals surface area contributed by atoms with Gasteiger partial charge in [-0.1, -0.05) is 53.0 Å². The maximum absolute atomic E-state index is 14.2. The molecule has 57 heavy (non-hydrogen) atoms. The third-order valence-electron chi connectivity index (χ3n) is 14.9. The summed E-state index contributed by atoms with van der Waals surface area (Å²) in [6.45, 7) is 4.16. The van der Waals surface area contributed by atoms with E-state index in [1.54, 1.807) is 10.8 Å². The molecule has 8 N–H and O–H groups in total. The molecule has 1 amide bonds. The number of hydrogen-bond donors (Lipinski definition) is 6. The Morgan fingerprint density at radius 1 is 1.02 bits per heavy atom. The predicted molar refractivity (Wildman–Crippen MR) is 228 cm³/mol. The first kappa shape index (κ1) is 43.5. The van der Waals surface area contributed by atoms with Crippen molar-refractivity contribution in [3.05, 3.63) is 12.2 Å². The van der Waals surface area contributed by atoms with E-state index in [1.807, 2.05) is 10.8 Å². The molecule has 1 spiro atoms. The van der Waals surface area contributed by atoms with Gasteiger partial charge in [-0.05, 0) is 125 Å². The molecule has 0 aromatic carbocycles. The van der Waals surface area contributed by atoms with Crippen LogP contribution >= 0.6 is 21.6 Å². The van der Waals surface area contributed by atoms with Gasteiger partial charge in [0, 0.05) is 51.1 Å². The summed E-state index contributed by atoms with van der Waals surface area (Å²) in [5.41, 5.74) is 12.2. The molecule has 5 fully saturated rings. The van der Waals surface area contributed by atoms with E-state index in [1.165, 1.54) is 6.92 Å². The van der Waals surface area contributed by atoms with Crippen LogP contribution in [0, 0.1) is 40.9 Å². The SMILES string of the molecule is CC(=O)OC1CCC2CC(CN3CC(CC4CCNC(N)C4)(CCNC(N)=NCSSCCCCCCC(O)C1)CC3=O)C(O)C1OC34C=CC(CC3CCC4)C21. The first-order chi connectivity index (χ1) is 27.5. The van der Waals surface area contributed by atoms with Crippen LogP contribution in [0.15, 0.2) is 17.1 Å². The van der Waals surface area contributed by atoms with E-state index >= 15 is 0 Å². The zero-order valence-corrected chi connectivity index (χ0v) is 36.0. The van der Waals surface area contributed by atoms with E-state index in [-0.39, 0.29) is 59.0 Å². The third kappa shape index (κ3) is 11.0. The fourth-order valence-electron chi connectivity index (χ4n) is 12.3. The number of fused-ring (bicyclic) bond motifs is 4. The fourth-order valence-corrected chi connectivity index (χ4v) is 14.1. The highest BCUT2D eigenvalue weighted by Crippen LogP contribution is 2.57. The number of guanidine groups is 1. The predicted octanol–water partition coefficient (Wildman–Crippen LogP) is 5.07. The number of aliphatic imine (C=N–C) groups is 1. The van der Waals surface area contributed by atoms with Gasteiger partial charge in [0.2, 0.25) is 5.91 Å². The number of aliphatic hydroxyl groups is 2. The lowest BCUT2D eigenvalue weighted by atomic mass is 9.62. The molecule has 5 aliphatic heterocycles. The Bertz CT molecular complexity index is 1430. The summed E-state index contributed by atoms with van der Waals surface area (Å²) in [6.07, 6.45) is 19.0. The summed E-state index contributed by atoms with van der Waals surface area (Å²) in [5.74, 6) is 3.39. The molecule has 14 heteroatoms. The number of carbonyl (C=O) groups is 2. The zero-order chi connectivity index (χ0) is 40.0. The fraction of sp³-hybridized carbons (Fsp3) is 0.884. The number of carbonyl (C=O) groups excluding carboxylic acids is 2. The van der Waals surface area contributed by atoms with E-state index in [9.17, 15) is 19.8 Å². The molecule has 0 radical (unpaired) electrons. The monoisotopic (exact) mass is 832 g/mol. The number of amides is 1. The summed E-state index contributed by atoms with van der Waals surface area (Å²) < 4.78 is 13.1. The number of rotatable bonds is 3. The molecule has 2 saturated carbocycles. The van der Waals surface area contributed by atoms with Crippen molar-refractivity contribution in [3.8, 4) is 0 Å². The van der Waals surface area contributed by atoms with Crippen LogP contribution in [0.1, 0.15) is 122 Å². The largest absolute Gasteiger partial charge is 0.462 e. The number of hydrogen-bond acceptors (Lipinski definition) is 13. The minimum absolute atomic E-state index is 0.0256. The van der Waals surface area contributed by atoms with Crippen LogP contribution in [0.4, 0.5) is 0 Å². The standard InChI is InChI=1S/C43H72N6O6S2/c1-28(50)54-35-10-9-30-20-32(39(53)40-38(30)31-11-14-43(55-40)13-6-7-33(43)21-31)25-49-26-42(24-37(49)52,23-29-12-16-46-36(44)19-29)15-17-47-41(45)48-27-57-56-18-5-3-2-4-8-34(51)22-35/h11,14,29-36,38-40,46,51,53H,2-10,12-13,15-27,44H2,1H3,(H3,45,47,48). The van der Waals surface area contributed by atoms with Crippen LogP contribution < -0.4 is 22.1 Å². The van der Waals surface area contributed by atoms with E-state index < -0.39 is 12.2 Å². The normalized spacial score (nSPS) is 42.9. The van der Waals surface area contributed by atoms with E-state index in [0.717, 1.165) is 102 Å². The number of piperidine rings is 1. The van der Waals surface area contributed by atoms with Crippen molar-refractivity contribution in [1.82, 2.24) is 15.5 Å². The molecule has 3 saturated heterocycles. The Kier molecular flexibility index (Phi) is 15.2. The first-order valence-electron chi connectivity index (χ1n) is 22.5. The lowest BCUT2D eigenvalue weighted by Crippen LogP contribution is -2.54. The molecule has 8 rings (SSSR count). The van der Waals surface area contributed by atoms with Gasteiger partial charge in [0.1, 0.15) is 6.10 Å². The first-order valence-corrected chi connectivity index (χ1v) is 25.0. The van der Waals surface area contributed by atoms with Gasteiger partial charge in [0.05, 0.1) is 36.0 Å². The average molecular weight is 833 g/mol. The van der Waals surface area contributed by atoms with Crippen molar-refractivity contribution in [2.45, 2.75) is 159 Å². The van der Waals surface area contributed by atoms with Crippen LogP contribution in [0.25, 0.3) is 0 Å². The second-order valence-corrected chi connectivity index (χ2v) is 21.6. The highest BCUT2D eigenvalue weighted by molar-refractivity contribution is 8.76. The molecule has 8 aliphatic rings. The van der Waals surface area contributed by atoms with Crippen molar-refractivity contribution >= 4 is 39.4 Å². The van der Waals surface area contributed by atoms with Gasteiger partial charge >= 0.3 is 5.97 Å². The highest BCUT2D eigenvalue weighted by atomic mass is 33.1. The number of nitrogens with two attached hydrogens (primary N) is 2. The van der Waals surface area contributed by atoms with Crippen molar-refractivity contribution in [2.24, 2.45) is 57.4 Å². The number of esters is 1. The molecule has 322 valence electrons. The quantitative estimate of drug-likeness (QED) is 0.126. The Balaban J connectivity index is 1.13. The average Bonchev–Trinajstić information content (AvgIpc) is 3.61. The third-order valence-corrected chi connectivity index (χ3v) is 17.1. The maximum atomic E-state index is 14.2. The molecular weight excluding hydrogens is 761 g/mol. The summed E-state index contributed by atoms with van der Waals surface area (Å²) in [4.78, 5) is 33.2. The summed E-state index contributed by atoms with van der Waals surface area (Å²) in [5, 5.41) is 30.3. The van der Waals surface area contributed by atoms with Crippen LogP contribution in [0.3, 0.4) is 0 Å². The number of nitrogens with one attached hydrogen (secondary N) is 2. The second-order valence-electron chi connectivity index (χ2n) is 19.0. The van der Waals surface area contributed by atoms with Crippen LogP contribution in [0.5, 0.6) is 0 Å². The molecule has 13 unspecified atom stereocenters. The summed E-state index contributed by atoms with van der Waals surface area (Å²) >= 11 is 0. The summed E-state index contributed by atoms with van der Waals surface area (Å²) in [6, 6.07) is 0. The molecular formula is C43H72N6O6S2. The van der Waals surface area contributed by atoms with Crippen molar-refractivity contribution in [3.63, 3.8) is 0 Å². The van der Waals surface area contributed by atoms with Crippen molar-refractivity contribution in [2.75, 3.05) is 37.8 Å². The van der Waals surface area contributed by atoms with Gasteiger partial charge in [-0.2, -0.15) is 0 Å². The smallest absolute Gasteiger partial charge is 0.302 e. The van der Waals surface area contributed by atoms with Gasteiger partial charge in [-0.25, -0.2) is 4.99 Å². The number of allylic oxidation sites excluding steroid dienone is 1. The molecule has 6 bridgehead atoms. The molecule has 5 heterocycles. The number of nitrogens with zero attached hydrogens (tertiary/aromatic N) is 2. The van der Waals surface area contributed by atoms with Gasteiger partial charge < -0.3 is 46.7 Å². The Morgan fingerprint density at radius 3 is 2.72 bits per heavy atom. The van der Waals surface area contributed by atoms with E-state index in [4.69, 9.17) is 20.9 Å². The molecule has 13 atom stereocenters. The minimum Gasteiger partial charge on any atom is -0.462 e. The molecule has 0 aromatic heterocycles. The Morgan fingerprint density at radius 2 is 1.88 bits per heavy atom. The minimum atomic E-state index is -0.679. The number of aliphatic hydroxyl groups excluding tert-OH is 2. The lowest BCUT2D eigenvalue weighted by molar-refractivity contribution is -0.179. The van der Waals surface area contributed by atoms with Gasteiger partial charge in [0.25, 0.3) is 0 Å². The molecule has 0 aromatic rings. The molecule has 3 aliphatic carbocycles. The van der Waals surface area contributed by atoms with Gasteiger partial charge in [-0.3, -0.25) is 9.59 Å². The van der Waals surface area contributed by atoms with E-state index in [2.05, 4.69) is 32.7 Å². The van der Waals surface area contributed by atoms with Crippen LogP contribution in [-0.2, 0) is 19.1 Å². The second kappa shape index (κ2) is 19.9. The topological polar surface area (TPSA) is 185 Å². The van der Waals surface area contributed by atoms with Crippen LogP contribution in [0.2, 0.25) is 0 Å². The number of ether oxygens (including phenoxy) is 2. The maximum Gasteiger partial charge on any atom is 0.302 e. The summed E-state index contributed by atoms with van der Waals surface area (Å²) in [7, 11) is 3.52.